The summed E-state index contributed by atoms with van der Waals surface area (Å²) in [6.07, 6.45) is 1.15. The molecule has 62 valence electrons. The zero-order chi connectivity index (χ0) is 8.04. The molecule has 0 spiro atoms. The Labute approximate surface area is 68.3 Å². The van der Waals surface area contributed by atoms with Crippen LogP contribution in [0.4, 0.5) is 0 Å². The molecule has 3 unspecified atom stereocenters. The molecule has 0 aliphatic rings. The van der Waals surface area contributed by atoms with Gasteiger partial charge in [-0.1, -0.05) is 6.92 Å². The molecule has 0 aromatic rings. The Morgan fingerprint density at radius 1 is 1.60 bits per heavy atom. The Kier molecular flexibility index (Phi) is 5.92. The van der Waals surface area contributed by atoms with E-state index in [1.165, 1.54) is 0 Å². The Morgan fingerprint density at radius 2 is 2.20 bits per heavy atom. The highest BCUT2D eigenvalue weighted by Crippen LogP contribution is 2.37. The van der Waals surface area contributed by atoms with Crippen molar-refractivity contribution in [3.63, 3.8) is 0 Å². The van der Waals surface area contributed by atoms with Crippen molar-refractivity contribution in [2.75, 3.05) is 19.9 Å². The van der Waals surface area contributed by atoms with E-state index in [1.54, 1.807) is 0 Å². The predicted molar refractivity (Wildman–Crippen MR) is 53.5 cm³/mol. The molecule has 0 bridgehead atoms. The molecule has 0 aliphatic heterocycles. The van der Waals surface area contributed by atoms with Gasteiger partial charge in [0.05, 0.1) is 0 Å². The van der Waals surface area contributed by atoms with Gasteiger partial charge in [0, 0.05) is 18.1 Å². The molecule has 0 aliphatic carbocycles. The minimum absolute atomic E-state index is 0.412. The van der Waals surface area contributed by atoms with Crippen molar-refractivity contribution in [3.8, 4) is 0 Å². The average Bonchev–Trinajstić information content (AvgIpc) is 1.89. The van der Waals surface area contributed by atoms with Crippen LogP contribution in [-0.2, 0) is 4.74 Å². The van der Waals surface area contributed by atoms with Gasteiger partial charge in [-0.25, -0.2) is 0 Å². The van der Waals surface area contributed by atoms with Gasteiger partial charge in [-0.15, -0.1) is 17.8 Å². The van der Waals surface area contributed by atoms with Crippen LogP contribution in [0.3, 0.4) is 0 Å². The normalized spacial score (nSPS) is 18.0. The van der Waals surface area contributed by atoms with Gasteiger partial charge in [-0.2, -0.15) is 0 Å². The number of hydrogen-bond donors (Lipinski definition) is 0. The summed E-state index contributed by atoms with van der Waals surface area (Å²) in [6.45, 7) is 8.27. The first-order valence-electron chi connectivity index (χ1n) is 3.68. The average molecular weight is 180 g/mol. The standard InChI is InChI=1S/C7H18OP2/c1-4-8-6-5-7(2,9)10-3/h10H,4-6,9H2,1-3H3. The van der Waals surface area contributed by atoms with Crippen LogP contribution in [0.1, 0.15) is 20.3 Å². The summed E-state index contributed by atoms with van der Waals surface area (Å²) in [5, 5.41) is 0. The lowest BCUT2D eigenvalue weighted by atomic mass is 10.3. The fourth-order valence-corrected chi connectivity index (χ4v) is 1.02. The second kappa shape index (κ2) is 5.47. The predicted octanol–water partition coefficient (Wildman–Crippen LogP) is 2.31. The molecular weight excluding hydrogens is 162 g/mol. The fraction of sp³-hybridized carbons (Fsp3) is 1.00. The molecular formula is C7H18OP2. The summed E-state index contributed by atoms with van der Waals surface area (Å²) < 4.78 is 5.26. The molecule has 0 aromatic heterocycles. The number of hydrogen-bond acceptors (Lipinski definition) is 1. The van der Waals surface area contributed by atoms with Crippen LogP contribution in [0.25, 0.3) is 0 Å². The lowest BCUT2D eigenvalue weighted by Crippen LogP contribution is -2.11. The van der Waals surface area contributed by atoms with Gasteiger partial charge in [0.2, 0.25) is 0 Å². The monoisotopic (exact) mass is 180 g/mol. The Bertz CT molecular complexity index is 83.7. The third kappa shape index (κ3) is 5.59. The van der Waals surface area contributed by atoms with Crippen molar-refractivity contribution in [1.82, 2.24) is 0 Å². The first kappa shape index (κ1) is 10.8. The molecule has 0 heterocycles. The molecule has 10 heavy (non-hydrogen) atoms. The van der Waals surface area contributed by atoms with Crippen LogP contribution in [-0.4, -0.2) is 24.8 Å². The maximum absolute atomic E-state index is 5.26. The molecule has 0 saturated heterocycles. The zero-order valence-electron chi connectivity index (χ0n) is 7.11. The first-order chi connectivity index (χ1) is 4.62. The maximum Gasteiger partial charge on any atom is 0.0477 e. The van der Waals surface area contributed by atoms with Crippen LogP contribution < -0.4 is 0 Å². The van der Waals surface area contributed by atoms with E-state index in [-0.39, 0.29) is 0 Å². The van der Waals surface area contributed by atoms with E-state index in [4.69, 9.17) is 4.74 Å². The largest absolute Gasteiger partial charge is 0.382 e. The van der Waals surface area contributed by atoms with E-state index in [9.17, 15) is 0 Å². The minimum Gasteiger partial charge on any atom is -0.382 e. The highest BCUT2D eigenvalue weighted by atomic mass is 31.1. The van der Waals surface area contributed by atoms with Gasteiger partial charge in [-0.05, 0) is 20.0 Å². The van der Waals surface area contributed by atoms with Crippen molar-refractivity contribution in [1.29, 1.82) is 0 Å². The van der Waals surface area contributed by atoms with Gasteiger partial charge in [0.15, 0.2) is 0 Å². The summed E-state index contributed by atoms with van der Waals surface area (Å²) in [5.74, 6) is 0. The van der Waals surface area contributed by atoms with Crippen molar-refractivity contribution >= 4 is 17.8 Å². The summed E-state index contributed by atoms with van der Waals surface area (Å²) in [6, 6.07) is 0. The lowest BCUT2D eigenvalue weighted by Gasteiger charge is -2.21. The van der Waals surface area contributed by atoms with E-state index in [0.29, 0.717) is 4.90 Å². The fourth-order valence-electron chi connectivity index (χ4n) is 0.554. The number of ether oxygens (including phenoxy) is 1. The van der Waals surface area contributed by atoms with Crippen molar-refractivity contribution in [3.05, 3.63) is 0 Å². The van der Waals surface area contributed by atoms with Crippen LogP contribution in [0.2, 0.25) is 0 Å². The third-order valence-electron chi connectivity index (χ3n) is 1.54. The summed E-state index contributed by atoms with van der Waals surface area (Å²) >= 11 is 0. The van der Waals surface area contributed by atoms with E-state index in [2.05, 4.69) is 22.8 Å². The Morgan fingerprint density at radius 3 is 2.60 bits per heavy atom. The van der Waals surface area contributed by atoms with Crippen LogP contribution in [0.15, 0.2) is 0 Å². The highest BCUT2D eigenvalue weighted by Gasteiger charge is 2.13. The minimum atomic E-state index is 0.412. The smallest absolute Gasteiger partial charge is 0.0477 e. The molecule has 0 fully saturated rings. The molecule has 1 nitrogen and oxygen atoms in total. The van der Waals surface area contributed by atoms with Gasteiger partial charge in [0.25, 0.3) is 0 Å². The molecule has 0 amide bonds. The van der Waals surface area contributed by atoms with Gasteiger partial charge >= 0.3 is 0 Å². The molecule has 0 saturated carbocycles. The third-order valence-corrected chi connectivity index (χ3v) is 4.09. The second-order valence-electron chi connectivity index (χ2n) is 2.61. The molecule has 3 heteroatoms. The molecule has 0 rings (SSSR count). The van der Waals surface area contributed by atoms with Gasteiger partial charge in [-0.3, -0.25) is 0 Å². The van der Waals surface area contributed by atoms with E-state index >= 15 is 0 Å². The SMILES string of the molecule is CCOCCC(C)(P)PC. The van der Waals surface area contributed by atoms with E-state index in [1.807, 2.05) is 6.92 Å². The Balaban J connectivity index is 3.28. The first-order valence-corrected chi connectivity index (χ1v) is 5.75. The molecule has 3 atom stereocenters. The molecule has 0 N–H and O–H groups in total. The number of rotatable bonds is 5. The zero-order valence-corrected chi connectivity index (χ0v) is 9.26. The topological polar surface area (TPSA) is 9.23 Å². The quantitative estimate of drug-likeness (QED) is 0.466. The van der Waals surface area contributed by atoms with Gasteiger partial charge in [0.1, 0.15) is 0 Å². The van der Waals surface area contributed by atoms with E-state index in [0.717, 1.165) is 28.2 Å². The van der Waals surface area contributed by atoms with Crippen molar-refractivity contribution < 1.29 is 4.74 Å². The highest BCUT2D eigenvalue weighted by molar-refractivity contribution is 7.51. The van der Waals surface area contributed by atoms with Crippen molar-refractivity contribution in [2.24, 2.45) is 0 Å². The second-order valence-corrected chi connectivity index (χ2v) is 6.11. The maximum atomic E-state index is 5.26. The van der Waals surface area contributed by atoms with Crippen LogP contribution in [0, 0.1) is 0 Å². The molecule has 0 aromatic carbocycles. The summed E-state index contributed by atoms with van der Waals surface area (Å²) in [7, 11) is 3.87. The van der Waals surface area contributed by atoms with E-state index < -0.39 is 0 Å². The van der Waals surface area contributed by atoms with Crippen LogP contribution >= 0.6 is 17.8 Å². The van der Waals surface area contributed by atoms with Gasteiger partial charge < -0.3 is 4.74 Å². The summed E-state index contributed by atoms with van der Waals surface area (Å²) in [5.41, 5.74) is 0. The Hall–Kier alpha value is 0.820. The van der Waals surface area contributed by atoms with Crippen LogP contribution in [0.5, 0.6) is 0 Å². The summed E-state index contributed by atoms with van der Waals surface area (Å²) in [4.78, 5) is 0.412. The lowest BCUT2D eigenvalue weighted by molar-refractivity contribution is 0.143. The molecule has 0 radical (unpaired) electrons. The van der Waals surface area contributed by atoms with Crippen molar-refractivity contribution in [2.45, 2.75) is 25.2 Å².